The first-order chi connectivity index (χ1) is 20.5. The maximum absolute atomic E-state index is 15.0. The van der Waals surface area contributed by atoms with E-state index < -0.39 is 29.1 Å². The fourth-order valence-corrected chi connectivity index (χ4v) is 5.22. The van der Waals surface area contributed by atoms with Crippen molar-refractivity contribution in [3.05, 3.63) is 99.6 Å². The second-order valence-electron chi connectivity index (χ2n) is 10.1. The van der Waals surface area contributed by atoms with E-state index in [4.69, 9.17) is 27.2 Å². The summed E-state index contributed by atoms with van der Waals surface area (Å²) in [6.45, 7) is 5.28. The van der Waals surface area contributed by atoms with Gasteiger partial charge in [0.1, 0.15) is 29.5 Å². The van der Waals surface area contributed by atoms with Crippen LogP contribution < -0.4 is 16.0 Å². The van der Waals surface area contributed by atoms with Crippen LogP contribution in [0.1, 0.15) is 32.5 Å². The number of aromatic nitrogens is 6. The number of hydrogen-bond acceptors (Lipinski definition) is 7. The van der Waals surface area contributed by atoms with Gasteiger partial charge in [-0.15, -0.1) is 0 Å². The Kier molecular flexibility index (Phi) is 7.01. The minimum atomic E-state index is -0.837. The fraction of sp³-hybridized carbons (Fsp3) is 0.167. The van der Waals surface area contributed by atoms with Gasteiger partial charge in [0.2, 0.25) is 0 Å². The van der Waals surface area contributed by atoms with Gasteiger partial charge < -0.3 is 10.5 Å². The molecule has 13 heteroatoms. The van der Waals surface area contributed by atoms with Gasteiger partial charge in [0.15, 0.2) is 22.9 Å². The van der Waals surface area contributed by atoms with Crippen LogP contribution in [0.2, 0.25) is 5.02 Å². The zero-order chi connectivity index (χ0) is 30.6. The van der Waals surface area contributed by atoms with Crippen molar-refractivity contribution in [2.45, 2.75) is 32.9 Å². The van der Waals surface area contributed by atoms with E-state index in [-0.39, 0.29) is 56.5 Å². The molecule has 0 bridgehead atoms. The molecule has 9 nitrogen and oxygen atoms in total. The number of halogens is 4. The zero-order valence-electron chi connectivity index (χ0n) is 23.0. The van der Waals surface area contributed by atoms with Gasteiger partial charge in [-0.25, -0.2) is 32.8 Å². The number of nitrogen functional groups attached to an aromatic ring is 1. The third-order valence-corrected chi connectivity index (χ3v) is 7.11. The molecule has 0 spiro atoms. The van der Waals surface area contributed by atoms with Gasteiger partial charge in [0.05, 0.1) is 33.8 Å². The minimum absolute atomic E-state index is 0.000346. The minimum Gasteiger partial charge on any atom is -0.488 e. The summed E-state index contributed by atoms with van der Waals surface area (Å²) in [6, 6.07) is 10.0. The van der Waals surface area contributed by atoms with Gasteiger partial charge in [-0.2, -0.15) is 5.10 Å². The Balaban J connectivity index is 1.61. The lowest BCUT2D eigenvalue weighted by Gasteiger charge is -2.18. The average Bonchev–Trinajstić information content (AvgIpc) is 3.35. The van der Waals surface area contributed by atoms with Crippen LogP contribution in [0.15, 0.2) is 65.8 Å². The lowest BCUT2D eigenvalue weighted by atomic mass is 10.0. The lowest BCUT2D eigenvalue weighted by Crippen LogP contribution is -2.24. The number of anilines is 1. The molecule has 6 rings (SSSR count). The molecule has 4 aromatic heterocycles. The second-order valence-corrected chi connectivity index (χ2v) is 10.5. The number of ether oxygens (including phenoxy) is 1. The summed E-state index contributed by atoms with van der Waals surface area (Å²) in [5.41, 5.74) is 6.87. The van der Waals surface area contributed by atoms with E-state index in [1.807, 2.05) is 0 Å². The summed E-state index contributed by atoms with van der Waals surface area (Å²) >= 11 is 6.31. The highest BCUT2D eigenvalue weighted by Gasteiger charge is 2.27. The Morgan fingerprint density at radius 2 is 1.74 bits per heavy atom. The van der Waals surface area contributed by atoms with Crippen LogP contribution in [-0.2, 0) is 0 Å². The van der Waals surface area contributed by atoms with Crippen LogP contribution >= 0.6 is 11.6 Å². The molecule has 43 heavy (non-hydrogen) atoms. The third-order valence-electron chi connectivity index (χ3n) is 6.84. The normalized spacial score (nSPS) is 12.4. The van der Waals surface area contributed by atoms with Gasteiger partial charge in [0, 0.05) is 11.8 Å². The number of rotatable bonds is 6. The Bertz CT molecular complexity index is 2110. The molecular weight excluding hydrogens is 583 g/mol. The molecule has 2 aromatic carbocycles. The highest BCUT2D eigenvalue weighted by atomic mass is 35.5. The first-order valence-electron chi connectivity index (χ1n) is 13.2. The summed E-state index contributed by atoms with van der Waals surface area (Å²) < 4.78 is 51.6. The predicted molar refractivity (Wildman–Crippen MR) is 157 cm³/mol. The molecule has 1 atom stereocenters. The highest BCUT2D eigenvalue weighted by Crippen LogP contribution is 2.36. The largest absolute Gasteiger partial charge is 0.488 e. The van der Waals surface area contributed by atoms with E-state index in [2.05, 4.69) is 15.0 Å². The quantitative estimate of drug-likeness (QED) is 0.240. The molecule has 0 aliphatic heterocycles. The van der Waals surface area contributed by atoms with Crippen molar-refractivity contribution in [2.24, 2.45) is 0 Å². The van der Waals surface area contributed by atoms with Crippen molar-refractivity contribution in [1.29, 1.82) is 0 Å². The molecule has 6 aromatic rings. The monoisotopic (exact) mass is 605 g/mol. The standard InChI is InChI=1S/C30H23ClF3N7O2/c1-14(2)43-22-8-7-17(10-21(22)34)26-24-27(35)36-13-37-29(24)41(39-26)15(3)25-23(16-5-4-6-18(32)9-16)30(42)40-12-19(33)11-20(31)28(40)38-25/h4-15H,1-3H3,(H2,35,36,37). The van der Waals surface area contributed by atoms with Crippen molar-refractivity contribution < 1.29 is 17.9 Å². The van der Waals surface area contributed by atoms with Crippen molar-refractivity contribution in [1.82, 2.24) is 29.1 Å². The molecule has 0 fully saturated rings. The molecule has 2 N–H and O–H groups in total. The molecule has 1 unspecified atom stereocenters. The van der Waals surface area contributed by atoms with E-state index in [0.29, 0.717) is 10.9 Å². The number of hydrogen-bond donors (Lipinski definition) is 1. The summed E-state index contributed by atoms with van der Waals surface area (Å²) in [5.74, 6) is -1.76. The predicted octanol–water partition coefficient (Wildman–Crippen LogP) is 6.22. The summed E-state index contributed by atoms with van der Waals surface area (Å²) in [7, 11) is 0. The molecule has 4 heterocycles. The molecule has 0 saturated heterocycles. The molecule has 0 saturated carbocycles. The SMILES string of the molecule is CC(C)Oc1ccc(-c2nn(C(C)c3nc4c(Cl)cc(F)cn4c(=O)c3-c3cccc(F)c3)c3ncnc(N)c23)cc1F. The Morgan fingerprint density at radius 1 is 0.953 bits per heavy atom. The van der Waals surface area contributed by atoms with Gasteiger partial charge in [-0.3, -0.25) is 9.20 Å². The van der Waals surface area contributed by atoms with Gasteiger partial charge in [-0.05, 0) is 62.7 Å². The van der Waals surface area contributed by atoms with Gasteiger partial charge >= 0.3 is 0 Å². The Morgan fingerprint density at radius 3 is 2.47 bits per heavy atom. The maximum Gasteiger partial charge on any atom is 0.266 e. The molecule has 0 aliphatic carbocycles. The van der Waals surface area contributed by atoms with Crippen LogP contribution in [0.5, 0.6) is 5.75 Å². The Labute approximate surface area is 247 Å². The highest BCUT2D eigenvalue weighted by molar-refractivity contribution is 6.33. The molecular formula is C30H23ClF3N7O2. The smallest absolute Gasteiger partial charge is 0.266 e. The summed E-state index contributed by atoms with van der Waals surface area (Å²) in [5, 5.41) is 4.98. The summed E-state index contributed by atoms with van der Waals surface area (Å²) in [4.78, 5) is 27.0. The molecule has 0 aliphatic rings. The van der Waals surface area contributed by atoms with Crippen molar-refractivity contribution in [2.75, 3.05) is 5.73 Å². The second kappa shape index (κ2) is 10.7. The van der Waals surface area contributed by atoms with Crippen molar-refractivity contribution >= 4 is 34.1 Å². The van der Waals surface area contributed by atoms with Gasteiger partial charge in [-0.1, -0.05) is 23.7 Å². The van der Waals surface area contributed by atoms with Crippen molar-refractivity contribution in [3.63, 3.8) is 0 Å². The molecule has 218 valence electrons. The molecule has 0 radical (unpaired) electrons. The van der Waals surface area contributed by atoms with E-state index >= 15 is 4.39 Å². The number of pyridine rings is 1. The number of nitrogens with two attached hydrogens (primary N) is 1. The van der Waals surface area contributed by atoms with E-state index in [1.165, 1.54) is 41.3 Å². The van der Waals surface area contributed by atoms with Crippen LogP contribution in [-0.4, -0.2) is 35.2 Å². The maximum atomic E-state index is 15.0. The number of fused-ring (bicyclic) bond motifs is 2. The average molecular weight is 606 g/mol. The van der Waals surface area contributed by atoms with Crippen LogP contribution in [0.3, 0.4) is 0 Å². The number of nitrogens with zero attached hydrogens (tertiary/aromatic N) is 6. The van der Waals surface area contributed by atoms with E-state index in [9.17, 15) is 13.6 Å². The van der Waals surface area contributed by atoms with Crippen molar-refractivity contribution in [3.8, 4) is 28.1 Å². The van der Waals surface area contributed by atoms with Crippen LogP contribution in [0.25, 0.3) is 39.1 Å². The zero-order valence-corrected chi connectivity index (χ0v) is 23.8. The van der Waals surface area contributed by atoms with Gasteiger partial charge in [0.25, 0.3) is 5.56 Å². The lowest BCUT2D eigenvalue weighted by molar-refractivity contribution is 0.231. The third kappa shape index (κ3) is 4.93. The van der Waals surface area contributed by atoms with E-state index in [0.717, 1.165) is 16.7 Å². The fourth-order valence-electron chi connectivity index (χ4n) is 4.98. The van der Waals surface area contributed by atoms with Crippen LogP contribution in [0, 0.1) is 17.5 Å². The Hall–Kier alpha value is -4.97. The molecule has 0 amide bonds. The topological polar surface area (TPSA) is 113 Å². The number of benzene rings is 2. The van der Waals surface area contributed by atoms with Crippen LogP contribution in [0.4, 0.5) is 19.0 Å². The first-order valence-corrected chi connectivity index (χ1v) is 13.5. The first kappa shape index (κ1) is 28.2. The summed E-state index contributed by atoms with van der Waals surface area (Å²) in [6.07, 6.45) is 1.98. The van der Waals surface area contributed by atoms with E-state index in [1.54, 1.807) is 32.9 Å².